The van der Waals surface area contributed by atoms with Crippen LogP contribution in [-0.4, -0.2) is 41.3 Å². The lowest BCUT2D eigenvalue weighted by Gasteiger charge is -2.23. The summed E-state index contributed by atoms with van der Waals surface area (Å²) in [6.07, 6.45) is 2.87. The van der Waals surface area contributed by atoms with Crippen molar-refractivity contribution in [2.24, 2.45) is 0 Å². The van der Waals surface area contributed by atoms with Crippen molar-refractivity contribution in [3.63, 3.8) is 0 Å². The Balaban J connectivity index is 1.96. The molecular weight excluding hydrogens is 446 g/mol. The van der Waals surface area contributed by atoms with E-state index in [9.17, 15) is 8.42 Å². The Morgan fingerprint density at radius 3 is 2.47 bits per heavy atom. The van der Waals surface area contributed by atoms with Gasteiger partial charge < -0.3 is 4.90 Å². The molecule has 2 aromatic heterocycles. The van der Waals surface area contributed by atoms with Crippen molar-refractivity contribution in [1.82, 2.24) is 19.8 Å². The third kappa shape index (κ3) is 3.93. The largest absolute Gasteiger partial charge is 0.356 e. The van der Waals surface area contributed by atoms with Gasteiger partial charge in [0, 0.05) is 23.5 Å². The lowest BCUT2D eigenvalue weighted by atomic mass is 10.2. The number of sulfone groups is 1. The van der Waals surface area contributed by atoms with Gasteiger partial charge in [0.25, 0.3) is 0 Å². The summed E-state index contributed by atoms with van der Waals surface area (Å²) < 4.78 is 28.3. The van der Waals surface area contributed by atoms with Crippen molar-refractivity contribution in [3.05, 3.63) is 53.1 Å². The van der Waals surface area contributed by atoms with Crippen molar-refractivity contribution in [2.75, 3.05) is 18.0 Å². The maximum absolute atomic E-state index is 13.4. The van der Waals surface area contributed by atoms with Gasteiger partial charge >= 0.3 is 0 Å². The van der Waals surface area contributed by atoms with E-state index in [1.54, 1.807) is 18.2 Å². The molecule has 0 saturated heterocycles. The van der Waals surface area contributed by atoms with E-state index in [0.29, 0.717) is 16.4 Å². The molecule has 0 aliphatic rings. The molecule has 0 N–H and O–H groups in total. The van der Waals surface area contributed by atoms with Crippen LogP contribution in [0.1, 0.15) is 39.2 Å². The van der Waals surface area contributed by atoms with Gasteiger partial charge in [0.1, 0.15) is 5.82 Å². The second-order valence-corrected chi connectivity index (χ2v) is 9.96. The monoisotopic (exact) mass is 471 g/mol. The summed E-state index contributed by atoms with van der Waals surface area (Å²) in [7, 11) is -3.89. The minimum absolute atomic E-state index is 0.147. The molecule has 0 unspecified atom stereocenters. The molecule has 0 saturated carbocycles. The van der Waals surface area contributed by atoms with Crippen LogP contribution in [0.3, 0.4) is 0 Å². The topological polar surface area (TPSA) is 80.5 Å². The molecule has 2 aromatic carbocycles. The zero-order valence-corrected chi connectivity index (χ0v) is 20.0. The van der Waals surface area contributed by atoms with Crippen molar-refractivity contribution >= 4 is 43.8 Å². The van der Waals surface area contributed by atoms with E-state index >= 15 is 0 Å². The number of nitrogens with zero attached hydrogens (tertiary/aromatic N) is 5. The molecule has 4 aromatic rings. The van der Waals surface area contributed by atoms with Crippen LogP contribution in [0.5, 0.6) is 0 Å². The van der Waals surface area contributed by atoms with Gasteiger partial charge in [0.15, 0.2) is 5.65 Å². The fourth-order valence-electron chi connectivity index (χ4n) is 3.75. The molecule has 0 bridgehead atoms. The van der Waals surface area contributed by atoms with Crippen LogP contribution in [0.2, 0.25) is 5.02 Å². The van der Waals surface area contributed by atoms with Crippen molar-refractivity contribution in [1.29, 1.82) is 0 Å². The van der Waals surface area contributed by atoms with E-state index in [2.05, 4.69) is 29.1 Å². The third-order valence-corrected chi connectivity index (χ3v) is 7.52. The smallest absolute Gasteiger partial charge is 0.229 e. The Morgan fingerprint density at radius 1 is 1.06 bits per heavy atom. The van der Waals surface area contributed by atoms with E-state index < -0.39 is 9.84 Å². The molecule has 7 nitrogen and oxygen atoms in total. The number of aryl methyl sites for hydroxylation is 1. The lowest BCUT2D eigenvalue weighted by molar-refractivity contribution is 0.592. The number of rotatable bonds is 8. The first-order chi connectivity index (χ1) is 15.4. The molecule has 4 rings (SSSR count). The molecule has 0 atom stereocenters. The molecule has 2 heterocycles. The van der Waals surface area contributed by atoms with Crippen LogP contribution in [0, 0.1) is 0 Å². The fourth-order valence-corrected chi connectivity index (χ4v) is 5.15. The molecular formula is C23H26ClN5O2S. The standard InChI is InChI=1S/C23H26ClN5O2S/c1-4-7-14-28(6-3)21-19-15-17(24)10-13-20(19)29-22(25-21)23(26-27-29)32(30,31)18-11-8-16(5-2)9-12-18/h8-13,15H,4-7,14H2,1-3H3. The molecule has 9 heteroatoms. The average Bonchev–Trinajstić information content (AvgIpc) is 3.24. The number of benzene rings is 2. The van der Waals surface area contributed by atoms with Crippen molar-refractivity contribution in [2.45, 2.75) is 50.0 Å². The zero-order chi connectivity index (χ0) is 22.9. The second kappa shape index (κ2) is 9.03. The Hall–Kier alpha value is -2.71. The number of hydrogen-bond donors (Lipinski definition) is 0. The Labute approximate surface area is 192 Å². The number of unbranched alkanes of at least 4 members (excludes halogenated alkanes) is 1. The molecule has 32 heavy (non-hydrogen) atoms. The first-order valence-corrected chi connectivity index (χ1v) is 12.7. The molecule has 0 aliphatic heterocycles. The summed E-state index contributed by atoms with van der Waals surface area (Å²) in [5.41, 5.74) is 1.98. The maximum atomic E-state index is 13.4. The van der Waals surface area contributed by atoms with Crippen LogP contribution in [-0.2, 0) is 16.3 Å². The summed E-state index contributed by atoms with van der Waals surface area (Å²) >= 11 is 6.29. The molecule has 0 aliphatic carbocycles. The number of fused-ring (bicyclic) bond motifs is 3. The summed E-state index contributed by atoms with van der Waals surface area (Å²) in [6, 6.07) is 12.3. The van der Waals surface area contributed by atoms with Gasteiger partial charge in [0.2, 0.25) is 14.9 Å². The first kappa shape index (κ1) is 22.5. The average molecular weight is 472 g/mol. The van der Waals surface area contributed by atoms with Crippen molar-refractivity contribution in [3.8, 4) is 0 Å². The lowest BCUT2D eigenvalue weighted by Crippen LogP contribution is -2.25. The first-order valence-electron chi connectivity index (χ1n) is 10.8. The predicted octanol–water partition coefficient (Wildman–Crippen LogP) is 4.95. The number of anilines is 1. The van der Waals surface area contributed by atoms with Gasteiger partial charge in [-0.05, 0) is 55.7 Å². The van der Waals surface area contributed by atoms with Crippen LogP contribution in [0.4, 0.5) is 5.82 Å². The highest BCUT2D eigenvalue weighted by atomic mass is 35.5. The predicted molar refractivity (Wildman–Crippen MR) is 127 cm³/mol. The molecule has 168 valence electrons. The van der Waals surface area contributed by atoms with E-state index in [-0.39, 0.29) is 15.6 Å². The Morgan fingerprint density at radius 2 is 1.81 bits per heavy atom. The van der Waals surface area contributed by atoms with Gasteiger partial charge in [0.05, 0.1) is 10.4 Å². The minimum Gasteiger partial charge on any atom is -0.356 e. The zero-order valence-electron chi connectivity index (χ0n) is 18.4. The van der Waals surface area contributed by atoms with Crippen molar-refractivity contribution < 1.29 is 8.42 Å². The van der Waals surface area contributed by atoms with Crippen LogP contribution in [0.15, 0.2) is 52.4 Å². The van der Waals surface area contributed by atoms with E-state index in [0.717, 1.165) is 43.3 Å². The van der Waals surface area contributed by atoms with Gasteiger partial charge in [-0.3, -0.25) is 0 Å². The highest BCUT2D eigenvalue weighted by molar-refractivity contribution is 7.91. The fraction of sp³-hybridized carbons (Fsp3) is 0.348. The summed E-state index contributed by atoms with van der Waals surface area (Å²) in [6.45, 7) is 7.75. The second-order valence-electron chi connectivity index (χ2n) is 7.66. The Bertz CT molecular complexity index is 1370. The molecule has 0 spiro atoms. The number of halogens is 1. The summed E-state index contributed by atoms with van der Waals surface area (Å²) in [5.74, 6) is 0.686. The minimum atomic E-state index is -3.89. The summed E-state index contributed by atoms with van der Waals surface area (Å²) in [5, 5.41) is 9.45. The van der Waals surface area contributed by atoms with Crippen LogP contribution < -0.4 is 4.90 Å². The molecule has 0 radical (unpaired) electrons. The van der Waals surface area contributed by atoms with Gasteiger partial charge in [-0.1, -0.05) is 49.2 Å². The van der Waals surface area contributed by atoms with E-state index in [1.807, 2.05) is 31.2 Å². The quantitative estimate of drug-likeness (QED) is 0.361. The van der Waals surface area contributed by atoms with E-state index in [1.165, 1.54) is 4.52 Å². The third-order valence-electron chi connectivity index (χ3n) is 5.62. The SMILES string of the molecule is CCCCN(CC)c1nc2c(S(=O)(=O)c3ccc(CC)cc3)nnn2c2ccc(Cl)cc12. The highest BCUT2D eigenvalue weighted by Gasteiger charge is 2.28. The van der Waals surface area contributed by atoms with Gasteiger partial charge in [-0.25, -0.2) is 13.4 Å². The Kier molecular flexibility index (Phi) is 6.35. The van der Waals surface area contributed by atoms with Gasteiger partial charge in [-0.2, -0.15) is 4.52 Å². The van der Waals surface area contributed by atoms with E-state index in [4.69, 9.17) is 16.6 Å². The van der Waals surface area contributed by atoms with Gasteiger partial charge in [-0.15, -0.1) is 5.10 Å². The van der Waals surface area contributed by atoms with Crippen LogP contribution >= 0.6 is 11.6 Å². The summed E-state index contributed by atoms with van der Waals surface area (Å²) in [4.78, 5) is 7.10. The number of aromatic nitrogens is 4. The maximum Gasteiger partial charge on any atom is 0.229 e. The molecule has 0 fully saturated rings. The molecule has 0 amide bonds. The van der Waals surface area contributed by atoms with Crippen LogP contribution in [0.25, 0.3) is 16.6 Å². The normalized spacial score (nSPS) is 12.0. The highest BCUT2D eigenvalue weighted by Crippen LogP contribution is 2.31. The number of hydrogen-bond acceptors (Lipinski definition) is 6.